The summed E-state index contributed by atoms with van der Waals surface area (Å²) in [4.78, 5) is 23.5. The number of aromatic nitrogens is 1. The number of aryl methyl sites for hydroxylation is 2. The minimum absolute atomic E-state index is 0.117. The Hall–Kier alpha value is -2.86. The number of amides is 1. The van der Waals surface area contributed by atoms with Crippen LogP contribution >= 0.6 is 11.6 Å². The van der Waals surface area contributed by atoms with E-state index in [0.29, 0.717) is 12.2 Å². The van der Waals surface area contributed by atoms with E-state index in [2.05, 4.69) is 5.32 Å². The van der Waals surface area contributed by atoms with Crippen LogP contribution in [0.3, 0.4) is 0 Å². The minimum atomic E-state index is -0.566. The Balaban J connectivity index is 2.07. The number of nitro groups is 1. The highest BCUT2D eigenvalue weighted by atomic mass is 35.5. The van der Waals surface area contributed by atoms with Gasteiger partial charge in [-0.25, -0.2) is 0 Å². The van der Waals surface area contributed by atoms with Crippen LogP contribution in [0.5, 0.6) is 0 Å². The molecule has 7 heteroatoms. The Bertz CT molecular complexity index is 995. The van der Waals surface area contributed by atoms with Gasteiger partial charge >= 0.3 is 0 Å². The Morgan fingerprint density at radius 3 is 2.68 bits per heavy atom. The first-order valence-electron chi connectivity index (χ1n) is 7.77. The van der Waals surface area contributed by atoms with Crippen molar-refractivity contribution in [1.82, 2.24) is 4.57 Å². The van der Waals surface area contributed by atoms with E-state index in [9.17, 15) is 14.9 Å². The van der Waals surface area contributed by atoms with Crippen molar-refractivity contribution in [2.45, 2.75) is 20.4 Å². The van der Waals surface area contributed by atoms with Crippen LogP contribution in [0, 0.1) is 17.0 Å². The zero-order valence-corrected chi connectivity index (χ0v) is 14.5. The molecule has 1 N–H and O–H groups in total. The smallest absolute Gasteiger partial charge is 0.294 e. The Kier molecular flexibility index (Phi) is 4.46. The summed E-state index contributed by atoms with van der Waals surface area (Å²) in [6, 6.07) is 11.9. The predicted molar refractivity (Wildman–Crippen MR) is 98.4 cm³/mol. The molecule has 1 aromatic heterocycles. The van der Waals surface area contributed by atoms with E-state index < -0.39 is 4.92 Å². The lowest BCUT2D eigenvalue weighted by Crippen LogP contribution is -2.18. The molecule has 0 spiro atoms. The van der Waals surface area contributed by atoms with Crippen molar-refractivity contribution < 1.29 is 9.72 Å². The second kappa shape index (κ2) is 6.57. The summed E-state index contributed by atoms with van der Waals surface area (Å²) in [5.41, 5.74) is 2.17. The molecule has 0 aliphatic carbocycles. The van der Waals surface area contributed by atoms with E-state index in [0.717, 1.165) is 16.5 Å². The van der Waals surface area contributed by atoms with E-state index in [4.69, 9.17) is 11.6 Å². The van der Waals surface area contributed by atoms with Crippen molar-refractivity contribution >= 4 is 39.8 Å². The molecular formula is C18H16ClN3O3. The maximum atomic E-state index is 12.9. The lowest BCUT2D eigenvalue weighted by Gasteiger charge is -2.10. The van der Waals surface area contributed by atoms with Crippen LogP contribution in [0.15, 0.2) is 42.5 Å². The van der Waals surface area contributed by atoms with Gasteiger partial charge in [-0.05, 0) is 37.6 Å². The first kappa shape index (κ1) is 17.0. The van der Waals surface area contributed by atoms with Gasteiger partial charge in [-0.15, -0.1) is 0 Å². The van der Waals surface area contributed by atoms with Crippen LogP contribution in [0.1, 0.15) is 23.0 Å². The summed E-state index contributed by atoms with van der Waals surface area (Å²) < 4.78 is 1.90. The van der Waals surface area contributed by atoms with Gasteiger partial charge in [0.15, 0.2) is 0 Å². The fourth-order valence-electron chi connectivity index (χ4n) is 3.04. The van der Waals surface area contributed by atoms with E-state index >= 15 is 0 Å². The second-order valence-corrected chi connectivity index (χ2v) is 6.04. The van der Waals surface area contributed by atoms with Crippen molar-refractivity contribution in [3.63, 3.8) is 0 Å². The number of nitrogens with zero attached hydrogens (tertiary/aromatic N) is 2. The van der Waals surface area contributed by atoms with Gasteiger partial charge in [0.1, 0.15) is 11.4 Å². The minimum Gasteiger partial charge on any atom is -0.337 e. The number of nitro benzene ring substituents is 1. The second-order valence-electron chi connectivity index (χ2n) is 5.61. The van der Waals surface area contributed by atoms with E-state index in [-0.39, 0.29) is 22.3 Å². The maximum absolute atomic E-state index is 12.9. The van der Waals surface area contributed by atoms with Crippen molar-refractivity contribution in [2.24, 2.45) is 0 Å². The van der Waals surface area contributed by atoms with Crippen molar-refractivity contribution in [3.05, 3.63) is 68.9 Å². The number of halogens is 1. The van der Waals surface area contributed by atoms with Crippen LogP contribution in [-0.2, 0) is 6.54 Å². The first-order chi connectivity index (χ1) is 11.9. The normalized spacial score (nSPS) is 10.8. The highest BCUT2D eigenvalue weighted by Crippen LogP contribution is 2.30. The molecule has 0 radical (unpaired) electrons. The zero-order chi connectivity index (χ0) is 18.1. The van der Waals surface area contributed by atoms with Gasteiger partial charge in [0.05, 0.1) is 4.92 Å². The molecule has 0 saturated heterocycles. The number of anilines is 1. The van der Waals surface area contributed by atoms with Gasteiger partial charge in [0, 0.05) is 28.5 Å². The van der Waals surface area contributed by atoms with Crippen molar-refractivity contribution in [3.8, 4) is 0 Å². The molecule has 25 heavy (non-hydrogen) atoms. The highest BCUT2D eigenvalue weighted by molar-refractivity contribution is 6.31. The molecule has 3 aromatic rings. The number of carbonyl (C=O) groups is 1. The molecule has 0 aliphatic heterocycles. The molecule has 1 amide bonds. The van der Waals surface area contributed by atoms with Crippen LogP contribution < -0.4 is 5.32 Å². The summed E-state index contributed by atoms with van der Waals surface area (Å²) >= 11 is 5.82. The largest absolute Gasteiger partial charge is 0.337 e. The lowest BCUT2D eigenvalue weighted by atomic mass is 10.1. The van der Waals surface area contributed by atoms with Crippen molar-refractivity contribution in [2.75, 3.05) is 5.32 Å². The van der Waals surface area contributed by atoms with Crippen molar-refractivity contribution in [1.29, 1.82) is 0 Å². The summed E-state index contributed by atoms with van der Waals surface area (Å²) in [5, 5.41) is 15.1. The summed E-state index contributed by atoms with van der Waals surface area (Å²) in [6.45, 7) is 4.44. The van der Waals surface area contributed by atoms with Gasteiger partial charge in [-0.2, -0.15) is 0 Å². The number of rotatable bonds is 4. The quantitative estimate of drug-likeness (QED) is 0.539. The summed E-state index contributed by atoms with van der Waals surface area (Å²) in [6.07, 6.45) is 0. The molecular weight excluding hydrogens is 342 g/mol. The SMILES string of the molecule is CCn1c(C(=O)Nc2ccc(Cl)cc2[N+](=O)[O-])c(C)c2ccccc21. The van der Waals surface area contributed by atoms with Crippen LogP contribution in [-0.4, -0.2) is 15.4 Å². The topological polar surface area (TPSA) is 77.2 Å². The van der Waals surface area contributed by atoms with Gasteiger partial charge in [0.2, 0.25) is 0 Å². The average Bonchev–Trinajstić information content (AvgIpc) is 2.88. The van der Waals surface area contributed by atoms with Crippen LogP contribution in [0.2, 0.25) is 5.02 Å². The molecule has 0 aliphatic rings. The van der Waals surface area contributed by atoms with Crippen LogP contribution in [0.25, 0.3) is 10.9 Å². The number of nitrogens with one attached hydrogen (secondary N) is 1. The molecule has 6 nitrogen and oxygen atoms in total. The fourth-order valence-corrected chi connectivity index (χ4v) is 3.21. The third-order valence-electron chi connectivity index (χ3n) is 4.16. The molecule has 0 fully saturated rings. The third kappa shape index (κ3) is 2.96. The van der Waals surface area contributed by atoms with E-state index in [1.165, 1.54) is 18.2 Å². The Morgan fingerprint density at radius 2 is 2.00 bits per heavy atom. The molecule has 1 heterocycles. The standard InChI is InChI=1S/C18H16ClN3O3/c1-3-21-15-7-5-4-6-13(15)11(2)17(21)18(23)20-14-9-8-12(19)10-16(14)22(24)25/h4-10H,3H2,1-2H3,(H,20,23). The average molecular weight is 358 g/mol. The lowest BCUT2D eigenvalue weighted by molar-refractivity contribution is -0.383. The number of benzene rings is 2. The van der Waals surface area contributed by atoms with Gasteiger partial charge in [-0.3, -0.25) is 14.9 Å². The van der Waals surface area contributed by atoms with Crippen LogP contribution in [0.4, 0.5) is 11.4 Å². The van der Waals surface area contributed by atoms with E-state index in [1.54, 1.807) is 0 Å². The van der Waals surface area contributed by atoms with E-state index in [1.807, 2.05) is 42.7 Å². The molecule has 0 unspecified atom stereocenters. The molecule has 3 rings (SSSR count). The first-order valence-corrected chi connectivity index (χ1v) is 8.15. The van der Waals surface area contributed by atoms with Gasteiger partial charge in [-0.1, -0.05) is 29.8 Å². The molecule has 0 bridgehead atoms. The highest BCUT2D eigenvalue weighted by Gasteiger charge is 2.22. The Labute approximate surface area is 149 Å². The molecule has 2 aromatic carbocycles. The molecule has 0 atom stereocenters. The van der Waals surface area contributed by atoms with Gasteiger partial charge < -0.3 is 9.88 Å². The predicted octanol–water partition coefficient (Wildman–Crippen LogP) is 4.78. The molecule has 128 valence electrons. The zero-order valence-electron chi connectivity index (χ0n) is 13.7. The molecule has 0 saturated carbocycles. The third-order valence-corrected chi connectivity index (χ3v) is 4.40. The number of hydrogen-bond acceptors (Lipinski definition) is 3. The van der Waals surface area contributed by atoms with Gasteiger partial charge in [0.25, 0.3) is 11.6 Å². The number of hydrogen-bond donors (Lipinski definition) is 1. The number of fused-ring (bicyclic) bond motifs is 1. The summed E-state index contributed by atoms with van der Waals surface area (Å²) in [7, 11) is 0. The number of para-hydroxylation sites is 1. The number of carbonyl (C=O) groups excluding carboxylic acids is 1. The maximum Gasteiger partial charge on any atom is 0.294 e. The summed E-state index contributed by atoms with van der Waals surface area (Å²) in [5.74, 6) is -0.388. The Morgan fingerprint density at radius 1 is 1.28 bits per heavy atom. The monoisotopic (exact) mass is 357 g/mol. The fraction of sp³-hybridized carbons (Fsp3) is 0.167.